The van der Waals surface area contributed by atoms with E-state index in [2.05, 4.69) is 5.32 Å². The van der Waals surface area contributed by atoms with Gasteiger partial charge in [0.15, 0.2) is 0 Å². The Balaban J connectivity index is 1.57. The van der Waals surface area contributed by atoms with Crippen LogP contribution in [0.25, 0.3) is 0 Å². The number of amides is 1. The summed E-state index contributed by atoms with van der Waals surface area (Å²) in [4.78, 5) is 24.3. The number of halogens is 1. The third kappa shape index (κ3) is 2.91. The Labute approximate surface area is 151 Å². The van der Waals surface area contributed by atoms with Crippen LogP contribution < -0.4 is 10.1 Å². The van der Waals surface area contributed by atoms with E-state index in [-0.39, 0.29) is 11.9 Å². The quantitative estimate of drug-likeness (QED) is 0.661. The highest BCUT2D eigenvalue weighted by atomic mass is 35.5. The Morgan fingerprint density at radius 1 is 1.08 bits per heavy atom. The molecule has 0 radical (unpaired) electrons. The number of carbonyl (C=O) groups excluding carboxylic acids is 2. The van der Waals surface area contributed by atoms with E-state index in [4.69, 9.17) is 16.3 Å². The Morgan fingerprint density at radius 2 is 1.84 bits per heavy atom. The van der Waals surface area contributed by atoms with Gasteiger partial charge in [0.25, 0.3) is 0 Å². The van der Waals surface area contributed by atoms with Crippen molar-refractivity contribution >= 4 is 29.2 Å². The molecule has 0 spiro atoms. The SMILES string of the molecule is O=C1CCc2cc(OC(=O)C3(c4ccc(Cl)cc4)CCC3)ccc2N1. The van der Waals surface area contributed by atoms with Gasteiger partial charge in [0.2, 0.25) is 5.91 Å². The van der Waals surface area contributed by atoms with Crippen molar-refractivity contribution in [3.8, 4) is 5.75 Å². The molecule has 1 saturated carbocycles. The molecular weight excluding hydrogens is 338 g/mol. The van der Waals surface area contributed by atoms with Crippen LogP contribution in [0, 0.1) is 0 Å². The summed E-state index contributed by atoms with van der Waals surface area (Å²) in [5.41, 5.74) is 2.18. The molecule has 128 valence electrons. The van der Waals surface area contributed by atoms with Crippen molar-refractivity contribution in [1.82, 2.24) is 0 Å². The molecular formula is C20H18ClNO3. The molecule has 0 bridgehead atoms. The van der Waals surface area contributed by atoms with Gasteiger partial charge in [0.1, 0.15) is 5.75 Å². The van der Waals surface area contributed by atoms with Gasteiger partial charge in [-0.3, -0.25) is 9.59 Å². The van der Waals surface area contributed by atoms with E-state index in [1.807, 2.05) is 30.3 Å². The van der Waals surface area contributed by atoms with Crippen molar-refractivity contribution in [1.29, 1.82) is 0 Å². The molecule has 5 heteroatoms. The normalized spacial score (nSPS) is 17.9. The summed E-state index contributed by atoms with van der Waals surface area (Å²) >= 11 is 5.96. The maximum absolute atomic E-state index is 12.9. The number of benzene rings is 2. The van der Waals surface area contributed by atoms with E-state index in [0.29, 0.717) is 23.6 Å². The van der Waals surface area contributed by atoms with E-state index in [0.717, 1.165) is 36.1 Å². The van der Waals surface area contributed by atoms with Gasteiger partial charge in [-0.05, 0) is 60.7 Å². The van der Waals surface area contributed by atoms with Gasteiger partial charge in [0, 0.05) is 17.1 Å². The summed E-state index contributed by atoms with van der Waals surface area (Å²) < 4.78 is 5.71. The molecule has 1 aliphatic heterocycles. The van der Waals surface area contributed by atoms with Crippen molar-refractivity contribution in [3.63, 3.8) is 0 Å². The van der Waals surface area contributed by atoms with Crippen LogP contribution in [0.5, 0.6) is 5.75 Å². The van der Waals surface area contributed by atoms with E-state index >= 15 is 0 Å². The molecule has 2 aliphatic rings. The number of esters is 1. The second-order valence-electron chi connectivity index (χ2n) is 6.70. The Hall–Kier alpha value is -2.33. The number of nitrogens with one attached hydrogen (secondary N) is 1. The van der Waals surface area contributed by atoms with Gasteiger partial charge in [-0.2, -0.15) is 0 Å². The lowest BCUT2D eigenvalue weighted by atomic mass is 9.64. The van der Waals surface area contributed by atoms with E-state index < -0.39 is 5.41 Å². The van der Waals surface area contributed by atoms with Crippen molar-refractivity contribution in [3.05, 3.63) is 58.6 Å². The summed E-state index contributed by atoms with van der Waals surface area (Å²) in [6.45, 7) is 0. The Bertz CT molecular complexity index is 841. The van der Waals surface area contributed by atoms with Crippen LogP contribution in [0.4, 0.5) is 5.69 Å². The Kier molecular flexibility index (Phi) is 4.00. The number of rotatable bonds is 3. The topological polar surface area (TPSA) is 55.4 Å². The van der Waals surface area contributed by atoms with Gasteiger partial charge in [-0.15, -0.1) is 0 Å². The fourth-order valence-electron chi connectivity index (χ4n) is 3.54. The lowest BCUT2D eigenvalue weighted by Gasteiger charge is -2.39. The Morgan fingerprint density at radius 3 is 2.52 bits per heavy atom. The number of hydrogen-bond acceptors (Lipinski definition) is 3. The van der Waals surface area contributed by atoms with Crippen LogP contribution in [-0.4, -0.2) is 11.9 Å². The van der Waals surface area contributed by atoms with Crippen LogP contribution in [0.2, 0.25) is 5.02 Å². The highest BCUT2D eigenvalue weighted by Crippen LogP contribution is 2.45. The zero-order chi connectivity index (χ0) is 17.4. The lowest BCUT2D eigenvalue weighted by Crippen LogP contribution is -2.45. The first kappa shape index (κ1) is 16.2. The first-order chi connectivity index (χ1) is 12.1. The number of hydrogen-bond donors (Lipinski definition) is 1. The molecule has 2 aromatic rings. The largest absolute Gasteiger partial charge is 0.426 e. The molecule has 2 aromatic carbocycles. The zero-order valence-electron chi connectivity index (χ0n) is 13.7. The monoisotopic (exact) mass is 355 g/mol. The molecule has 1 aliphatic carbocycles. The summed E-state index contributed by atoms with van der Waals surface area (Å²) in [7, 11) is 0. The molecule has 0 unspecified atom stereocenters. The van der Waals surface area contributed by atoms with E-state index in [1.165, 1.54) is 0 Å². The minimum Gasteiger partial charge on any atom is -0.426 e. The molecule has 1 amide bonds. The summed E-state index contributed by atoms with van der Waals surface area (Å²) in [6, 6.07) is 12.8. The van der Waals surface area contributed by atoms with E-state index in [9.17, 15) is 9.59 Å². The maximum Gasteiger partial charge on any atom is 0.321 e. The summed E-state index contributed by atoms with van der Waals surface area (Å²) in [6.07, 6.45) is 3.70. The van der Waals surface area contributed by atoms with Gasteiger partial charge in [0.05, 0.1) is 5.41 Å². The second kappa shape index (κ2) is 6.19. The average Bonchev–Trinajstić information content (AvgIpc) is 2.56. The number of carbonyl (C=O) groups is 2. The number of fused-ring (bicyclic) bond motifs is 1. The first-order valence-electron chi connectivity index (χ1n) is 8.48. The minimum atomic E-state index is -0.575. The highest BCUT2D eigenvalue weighted by molar-refractivity contribution is 6.30. The van der Waals surface area contributed by atoms with Crippen molar-refractivity contribution in [2.75, 3.05) is 5.32 Å². The van der Waals surface area contributed by atoms with Crippen LogP contribution in [0.3, 0.4) is 0 Å². The lowest BCUT2D eigenvalue weighted by molar-refractivity contribution is -0.144. The molecule has 0 atom stereocenters. The summed E-state index contributed by atoms with van der Waals surface area (Å²) in [5, 5.41) is 3.49. The molecule has 1 N–H and O–H groups in total. The highest BCUT2D eigenvalue weighted by Gasteiger charge is 2.47. The van der Waals surface area contributed by atoms with Crippen molar-refractivity contribution < 1.29 is 14.3 Å². The minimum absolute atomic E-state index is 0.0217. The number of anilines is 1. The van der Waals surface area contributed by atoms with E-state index in [1.54, 1.807) is 12.1 Å². The first-order valence-corrected chi connectivity index (χ1v) is 8.86. The van der Waals surface area contributed by atoms with Crippen LogP contribution in [-0.2, 0) is 21.4 Å². The average molecular weight is 356 g/mol. The van der Waals surface area contributed by atoms with Gasteiger partial charge in [-0.25, -0.2) is 0 Å². The van der Waals surface area contributed by atoms with Crippen molar-refractivity contribution in [2.24, 2.45) is 0 Å². The maximum atomic E-state index is 12.9. The molecule has 1 heterocycles. The second-order valence-corrected chi connectivity index (χ2v) is 7.14. The van der Waals surface area contributed by atoms with Gasteiger partial charge < -0.3 is 10.1 Å². The van der Waals surface area contributed by atoms with Crippen LogP contribution in [0.1, 0.15) is 36.8 Å². The zero-order valence-corrected chi connectivity index (χ0v) is 14.4. The van der Waals surface area contributed by atoms with Crippen molar-refractivity contribution in [2.45, 2.75) is 37.5 Å². The third-order valence-electron chi connectivity index (χ3n) is 5.18. The predicted molar refractivity (Wildman–Crippen MR) is 96.0 cm³/mol. The standard InChI is InChI=1S/C20H18ClNO3/c21-15-5-3-14(4-6-15)20(10-1-11-20)19(24)25-16-7-8-17-13(12-16)2-9-18(23)22-17/h3-8,12H,1-2,9-11H2,(H,22,23). The van der Waals surface area contributed by atoms with Crippen LogP contribution in [0.15, 0.2) is 42.5 Å². The van der Waals surface area contributed by atoms with Crippen LogP contribution >= 0.6 is 11.6 Å². The molecule has 25 heavy (non-hydrogen) atoms. The molecule has 0 saturated heterocycles. The molecule has 4 rings (SSSR count). The molecule has 4 nitrogen and oxygen atoms in total. The fourth-order valence-corrected chi connectivity index (χ4v) is 3.66. The van der Waals surface area contributed by atoms with Gasteiger partial charge in [-0.1, -0.05) is 30.2 Å². The summed E-state index contributed by atoms with van der Waals surface area (Å²) in [5.74, 6) is 0.328. The fraction of sp³-hybridized carbons (Fsp3) is 0.300. The number of ether oxygens (including phenoxy) is 1. The number of aryl methyl sites for hydroxylation is 1. The van der Waals surface area contributed by atoms with Gasteiger partial charge >= 0.3 is 5.97 Å². The molecule has 1 fully saturated rings. The predicted octanol–water partition coefficient (Wildman–Crippen LogP) is 4.25. The third-order valence-corrected chi connectivity index (χ3v) is 5.43. The smallest absolute Gasteiger partial charge is 0.321 e. The molecule has 0 aromatic heterocycles.